The van der Waals surface area contributed by atoms with Crippen LogP contribution < -0.4 is 4.74 Å². The topological polar surface area (TPSA) is 53.1 Å². The number of rotatable bonds is 10. The molecule has 6 nitrogen and oxygen atoms in total. The fraction of sp³-hybridized carbons (Fsp3) is 0.600. The van der Waals surface area contributed by atoms with Crippen molar-refractivity contribution < 1.29 is 14.3 Å². The largest absolute Gasteiger partial charge is 0.494 e. The van der Waals surface area contributed by atoms with E-state index in [4.69, 9.17) is 4.74 Å². The van der Waals surface area contributed by atoms with Gasteiger partial charge in [-0.3, -0.25) is 14.5 Å². The third kappa shape index (κ3) is 5.29. The van der Waals surface area contributed by atoms with Crippen molar-refractivity contribution in [1.82, 2.24) is 14.7 Å². The fourth-order valence-corrected chi connectivity index (χ4v) is 4.38. The van der Waals surface area contributed by atoms with Crippen molar-refractivity contribution in [3.8, 4) is 5.75 Å². The number of piperidine rings is 1. The fourth-order valence-electron chi connectivity index (χ4n) is 4.38. The van der Waals surface area contributed by atoms with Crippen LogP contribution in [0.5, 0.6) is 5.75 Å². The van der Waals surface area contributed by atoms with Crippen LogP contribution in [0.3, 0.4) is 0 Å². The molecule has 1 saturated heterocycles. The van der Waals surface area contributed by atoms with Crippen molar-refractivity contribution >= 4 is 17.4 Å². The maximum Gasteiger partial charge on any atom is 0.277 e. The molecular weight excluding hydrogens is 390 g/mol. The highest BCUT2D eigenvalue weighted by Crippen LogP contribution is 2.34. The van der Waals surface area contributed by atoms with Gasteiger partial charge in [0.05, 0.1) is 12.2 Å². The van der Waals surface area contributed by atoms with Crippen molar-refractivity contribution in [3.63, 3.8) is 0 Å². The summed E-state index contributed by atoms with van der Waals surface area (Å²) in [5, 5.41) is 0. The Labute approximate surface area is 186 Å². The number of likely N-dealkylation sites (N-methyl/N-ethyl adjacent to an activating group) is 1. The van der Waals surface area contributed by atoms with E-state index < -0.39 is 0 Å². The molecule has 0 bridgehead atoms. The lowest BCUT2D eigenvalue weighted by Crippen LogP contribution is -2.43. The van der Waals surface area contributed by atoms with Gasteiger partial charge in [0.25, 0.3) is 11.8 Å². The van der Waals surface area contributed by atoms with Gasteiger partial charge >= 0.3 is 0 Å². The standard InChI is InChI=1S/C25H37N3O3/c1-5-7-8-15-28-24(29)22(19-9-11-21(12-10-19)31-18-6-2)23(25(28)30)27(4)20-13-16-26(3)17-14-20/h9-12,20H,5-8,13-18H2,1-4H3. The molecule has 2 amide bonds. The Morgan fingerprint density at radius 2 is 1.68 bits per heavy atom. The molecule has 0 saturated carbocycles. The summed E-state index contributed by atoms with van der Waals surface area (Å²) in [5.41, 5.74) is 1.87. The van der Waals surface area contributed by atoms with Crippen molar-refractivity contribution in [3.05, 3.63) is 35.5 Å². The number of carbonyl (C=O) groups is 2. The highest BCUT2D eigenvalue weighted by atomic mass is 16.5. The van der Waals surface area contributed by atoms with Crippen LogP contribution in [0.2, 0.25) is 0 Å². The molecule has 1 aromatic carbocycles. The Morgan fingerprint density at radius 3 is 2.29 bits per heavy atom. The molecular formula is C25H37N3O3. The summed E-state index contributed by atoms with van der Waals surface area (Å²) in [5.74, 6) is 0.468. The Hall–Kier alpha value is -2.34. The molecule has 2 heterocycles. The van der Waals surface area contributed by atoms with Crippen LogP contribution in [0.25, 0.3) is 5.57 Å². The summed E-state index contributed by atoms with van der Waals surface area (Å²) in [7, 11) is 4.10. The summed E-state index contributed by atoms with van der Waals surface area (Å²) >= 11 is 0. The number of benzene rings is 1. The number of ether oxygens (including phenoxy) is 1. The molecule has 1 fully saturated rings. The van der Waals surface area contributed by atoms with E-state index in [-0.39, 0.29) is 17.9 Å². The lowest BCUT2D eigenvalue weighted by molar-refractivity contribution is -0.137. The van der Waals surface area contributed by atoms with Crippen LogP contribution in [0.15, 0.2) is 30.0 Å². The van der Waals surface area contributed by atoms with Crippen molar-refractivity contribution in [2.75, 3.05) is 40.3 Å². The average molecular weight is 428 g/mol. The highest BCUT2D eigenvalue weighted by Gasteiger charge is 2.42. The van der Waals surface area contributed by atoms with Gasteiger partial charge in [0.1, 0.15) is 11.4 Å². The Balaban J connectivity index is 1.91. The quantitative estimate of drug-likeness (QED) is 0.420. The number of hydrogen-bond acceptors (Lipinski definition) is 5. The minimum absolute atomic E-state index is 0.149. The first-order chi connectivity index (χ1) is 15.0. The first kappa shape index (κ1) is 23.3. The van der Waals surface area contributed by atoms with Gasteiger partial charge in [-0.15, -0.1) is 0 Å². The van der Waals surface area contributed by atoms with Gasteiger partial charge in [-0.05, 0) is 63.5 Å². The van der Waals surface area contributed by atoms with Gasteiger partial charge in [-0.25, -0.2) is 0 Å². The predicted molar refractivity (Wildman–Crippen MR) is 124 cm³/mol. The van der Waals surface area contributed by atoms with Crippen LogP contribution in [0.1, 0.15) is 57.9 Å². The first-order valence-electron chi connectivity index (χ1n) is 11.7. The molecule has 0 aliphatic carbocycles. The van der Waals surface area contributed by atoms with Gasteiger partial charge in [-0.2, -0.15) is 0 Å². The van der Waals surface area contributed by atoms with Crippen molar-refractivity contribution in [1.29, 1.82) is 0 Å². The lowest BCUT2D eigenvalue weighted by Gasteiger charge is -2.36. The Kier molecular flexibility index (Phi) is 8.13. The lowest BCUT2D eigenvalue weighted by atomic mass is 10.00. The molecule has 0 aromatic heterocycles. The van der Waals surface area contributed by atoms with E-state index >= 15 is 0 Å². The Bertz CT molecular complexity index is 795. The normalized spacial score (nSPS) is 18.3. The number of nitrogens with zero attached hydrogens (tertiary/aromatic N) is 3. The van der Waals surface area contributed by atoms with Crippen LogP contribution in [0, 0.1) is 0 Å². The minimum atomic E-state index is -0.168. The molecule has 6 heteroatoms. The molecule has 0 atom stereocenters. The van der Waals surface area contributed by atoms with Gasteiger partial charge in [0.15, 0.2) is 0 Å². The molecule has 1 aromatic rings. The molecule has 3 rings (SSSR count). The second kappa shape index (κ2) is 10.8. The summed E-state index contributed by atoms with van der Waals surface area (Å²) in [6, 6.07) is 7.86. The number of unbranched alkanes of at least 4 members (excludes halogenated alkanes) is 2. The molecule has 0 unspecified atom stereocenters. The summed E-state index contributed by atoms with van der Waals surface area (Å²) in [6.07, 6.45) is 5.83. The summed E-state index contributed by atoms with van der Waals surface area (Å²) in [4.78, 5) is 32.7. The Morgan fingerprint density at radius 1 is 1.00 bits per heavy atom. The van der Waals surface area contributed by atoms with Gasteiger partial charge < -0.3 is 14.5 Å². The molecule has 0 spiro atoms. The van der Waals surface area contributed by atoms with Crippen LogP contribution in [0.4, 0.5) is 0 Å². The molecule has 31 heavy (non-hydrogen) atoms. The highest BCUT2D eigenvalue weighted by molar-refractivity contribution is 6.35. The second-order valence-corrected chi connectivity index (χ2v) is 8.71. The van der Waals surface area contributed by atoms with Crippen LogP contribution in [-0.4, -0.2) is 72.9 Å². The number of hydrogen-bond donors (Lipinski definition) is 0. The molecule has 170 valence electrons. The van der Waals surface area contributed by atoms with Gasteiger partial charge in [-0.1, -0.05) is 38.8 Å². The zero-order valence-electron chi connectivity index (χ0n) is 19.5. The van der Waals surface area contributed by atoms with Crippen LogP contribution in [-0.2, 0) is 9.59 Å². The molecule has 0 radical (unpaired) electrons. The molecule has 2 aliphatic heterocycles. The number of amides is 2. The molecule has 0 N–H and O–H groups in total. The zero-order valence-corrected chi connectivity index (χ0v) is 19.5. The van der Waals surface area contributed by atoms with Gasteiger partial charge in [0, 0.05) is 19.6 Å². The number of carbonyl (C=O) groups excluding carboxylic acids is 2. The van der Waals surface area contributed by atoms with Crippen molar-refractivity contribution in [2.24, 2.45) is 0 Å². The average Bonchev–Trinajstić information content (AvgIpc) is 3.03. The van der Waals surface area contributed by atoms with E-state index in [9.17, 15) is 9.59 Å². The number of likely N-dealkylation sites (tertiary alicyclic amines) is 1. The maximum absolute atomic E-state index is 13.4. The van der Waals surface area contributed by atoms with E-state index in [1.165, 1.54) is 4.90 Å². The predicted octanol–water partition coefficient (Wildman–Crippen LogP) is 3.77. The third-order valence-corrected chi connectivity index (χ3v) is 6.33. The monoisotopic (exact) mass is 427 g/mol. The first-order valence-corrected chi connectivity index (χ1v) is 11.7. The SMILES string of the molecule is CCCCCN1C(=O)C(c2ccc(OCCC)cc2)=C(N(C)C2CCN(C)CC2)C1=O. The summed E-state index contributed by atoms with van der Waals surface area (Å²) < 4.78 is 5.69. The van der Waals surface area contributed by atoms with E-state index in [0.29, 0.717) is 24.4 Å². The van der Waals surface area contributed by atoms with Gasteiger partial charge in [0.2, 0.25) is 0 Å². The van der Waals surface area contributed by atoms with Crippen molar-refractivity contribution in [2.45, 2.75) is 58.4 Å². The van der Waals surface area contributed by atoms with E-state index in [2.05, 4.69) is 30.7 Å². The minimum Gasteiger partial charge on any atom is -0.494 e. The number of imide groups is 1. The van der Waals surface area contributed by atoms with E-state index in [1.807, 2.05) is 31.3 Å². The zero-order chi connectivity index (χ0) is 22.4. The van der Waals surface area contributed by atoms with E-state index in [1.54, 1.807) is 0 Å². The maximum atomic E-state index is 13.4. The third-order valence-electron chi connectivity index (χ3n) is 6.33. The molecule has 2 aliphatic rings. The van der Waals surface area contributed by atoms with Crippen LogP contribution >= 0.6 is 0 Å². The summed E-state index contributed by atoms with van der Waals surface area (Å²) in [6.45, 7) is 7.35. The smallest absolute Gasteiger partial charge is 0.277 e. The second-order valence-electron chi connectivity index (χ2n) is 8.71. The van der Waals surface area contributed by atoms with E-state index in [0.717, 1.165) is 62.9 Å².